The van der Waals surface area contributed by atoms with Crippen molar-refractivity contribution in [1.82, 2.24) is 35.7 Å². The monoisotopic (exact) mass is 566 g/mol. The normalized spacial score (nSPS) is 23.2. The van der Waals surface area contributed by atoms with Crippen molar-refractivity contribution in [3.05, 3.63) is 34.6 Å². The van der Waals surface area contributed by atoms with E-state index < -0.39 is 52.3 Å². The van der Waals surface area contributed by atoms with Gasteiger partial charge in [-0.15, -0.1) is 16.9 Å². The molecule has 0 bridgehead atoms. The van der Waals surface area contributed by atoms with Crippen LogP contribution in [0.1, 0.15) is 57.4 Å². The van der Waals surface area contributed by atoms with Gasteiger partial charge < -0.3 is 31.1 Å². The SMILES string of the molecule is CC(=O)OC(C)n1nnnc1C1N2C(=O)C(NC(=O)C(NC(=O)CN)c3ccc(O)c(Cl)c3)[C@H]2SC1(C)C. The molecular formula is C22H27ClN8O6S. The molecule has 3 amide bonds. The number of esters is 1. The minimum absolute atomic E-state index is 0.00941. The molecule has 3 heterocycles. The van der Waals surface area contributed by atoms with Crippen molar-refractivity contribution in [2.24, 2.45) is 5.73 Å². The van der Waals surface area contributed by atoms with Crippen molar-refractivity contribution in [2.45, 2.75) is 62.2 Å². The van der Waals surface area contributed by atoms with Crippen molar-refractivity contribution in [3.8, 4) is 5.75 Å². The number of carbonyl (C=O) groups excluding carboxylic acids is 4. The fourth-order valence-electron chi connectivity index (χ4n) is 4.55. The van der Waals surface area contributed by atoms with E-state index in [1.165, 1.54) is 41.6 Å². The fraction of sp³-hybridized carbons (Fsp3) is 0.500. The van der Waals surface area contributed by atoms with Crippen molar-refractivity contribution >= 4 is 47.1 Å². The second-order valence-corrected chi connectivity index (χ2v) is 11.5. The molecule has 5 N–H and O–H groups in total. The largest absolute Gasteiger partial charge is 0.506 e. The Hall–Kier alpha value is -3.43. The maximum absolute atomic E-state index is 13.3. The first kappa shape index (κ1) is 27.6. The van der Waals surface area contributed by atoms with Crippen LogP contribution in [0.25, 0.3) is 0 Å². The third kappa shape index (κ3) is 5.00. The molecule has 5 atom stereocenters. The highest BCUT2D eigenvalue weighted by Crippen LogP contribution is 2.57. The summed E-state index contributed by atoms with van der Waals surface area (Å²) in [6.45, 7) is 6.37. The van der Waals surface area contributed by atoms with E-state index in [0.29, 0.717) is 11.4 Å². The van der Waals surface area contributed by atoms with Gasteiger partial charge in [0, 0.05) is 11.7 Å². The van der Waals surface area contributed by atoms with Crippen molar-refractivity contribution in [3.63, 3.8) is 0 Å². The van der Waals surface area contributed by atoms with E-state index in [-0.39, 0.29) is 23.2 Å². The number of aromatic nitrogens is 4. The molecule has 1 aromatic carbocycles. The minimum Gasteiger partial charge on any atom is -0.506 e. The lowest BCUT2D eigenvalue weighted by molar-refractivity contribution is -0.154. The molecule has 38 heavy (non-hydrogen) atoms. The maximum Gasteiger partial charge on any atom is 0.304 e. The molecule has 2 aliphatic rings. The van der Waals surface area contributed by atoms with Crippen molar-refractivity contribution in [1.29, 1.82) is 0 Å². The Morgan fingerprint density at radius 1 is 1.34 bits per heavy atom. The number of phenols is 1. The molecule has 0 aliphatic carbocycles. The van der Waals surface area contributed by atoms with Gasteiger partial charge in [-0.25, -0.2) is 0 Å². The van der Waals surface area contributed by atoms with Crippen LogP contribution in [0.15, 0.2) is 18.2 Å². The number of rotatable bonds is 8. The summed E-state index contributed by atoms with van der Waals surface area (Å²) in [5.74, 6) is -1.98. The van der Waals surface area contributed by atoms with Crippen LogP contribution < -0.4 is 16.4 Å². The lowest BCUT2D eigenvalue weighted by Gasteiger charge is -2.44. The zero-order valence-electron chi connectivity index (χ0n) is 20.9. The van der Waals surface area contributed by atoms with Gasteiger partial charge in [0.2, 0.25) is 17.7 Å². The Balaban J connectivity index is 1.56. The van der Waals surface area contributed by atoms with Crippen LogP contribution in [-0.4, -0.2) is 76.6 Å². The van der Waals surface area contributed by atoms with Gasteiger partial charge in [0.1, 0.15) is 29.2 Å². The number of benzene rings is 1. The van der Waals surface area contributed by atoms with Crippen LogP contribution >= 0.6 is 23.4 Å². The van der Waals surface area contributed by atoms with Crippen LogP contribution in [0.3, 0.4) is 0 Å². The van der Waals surface area contributed by atoms with E-state index in [0.717, 1.165) is 0 Å². The van der Waals surface area contributed by atoms with Gasteiger partial charge >= 0.3 is 5.97 Å². The molecule has 204 valence electrons. The number of β-lactam (4-membered cyclic amide) rings is 1. The number of aromatic hydroxyl groups is 1. The molecule has 16 heteroatoms. The molecule has 2 saturated heterocycles. The van der Waals surface area contributed by atoms with Gasteiger partial charge in [0.15, 0.2) is 12.1 Å². The minimum atomic E-state index is -1.21. The molecule has 14 nitrogen and oxygen atoms in total. The molecule has 0 spiro atoms. The first-order valence-corrected chi connectivity index (χ1v) is 12.8. The highest BCUT2D eigenvalue weighted by molar-refractivity contribution is 8.01. The Labute approximate surface area is 226 Å². The van der Waals surface area contributed by atoms with E-state index in [2.05, 4.69) is 26.2 Å². The van der Waals surface area contributed by atoms with E-state index in [4.69, 9.17) is 22.1 Å². The van der Waals surface area contributed by atoms with Gasteiger partial charge in [-0.3, -0.25) is 19.2 Å². The number of fused-ring (bicyclic) bond motifs is 1. The quantitative estimate of drug-likeness (QED) is 0.251. The zero-order valence-corrected chi connectivity index (χ0v) is 22.5. The number of thioether (sulfide) groups is 1. The van der Waals surface area contributed by atoms with E-state index >= 15 is 0 Å². The van der Waals surface area contributed by atoms with Crippen molar-refractivity contribution in [2.75, 3.05) is 6.54 Å². The molecule has 4 rings (SSSR count). The van der Waals surface area contributed by atoms with Crippen molar-refractivity contribution < 1.29 is 29.0 Å². The summed E-state index contributed by atoms with van der Waals surface area (Å²) >= 11 is 7.46. The molecule has 2 aromatic rings. The zero-order chi connectivity index (χ0) is 27.9. The Bertz CT molecular complexity index is 1290. The number of nitrogens with two attached hydrogens (primary N) is 1. The van der Waals surface area contributed by atoms with Crippen LogP contribution in [0, 0.1) is 0 Å². The van der Waals surface area contributed by atoms with Gasteiger partial charge in [0.05, 0.1) is 11.6 Å². The van der Waals surface area contributed by atoms with E-state index in [1.54, 1.807) is 11.8 Å². The maximum atomic E-state index is 13.3. The predicted molar refractivity (Wildman–Crippen MR) is 134 cm³/mol. The summed E-state index contributed by atoms with van der Waals surface area (Å²) in [5.41, 5.74) is 5.71. The number of tetrazole rings is 1. The van der Waals surface area contributed by atoms with Gasteiger partial charge in [-0.2, -0.15) is 4.68 Å². The third-order valence-electron chi connectivity index (χ3n) is 6.24. The summed E-state index contributed by atoms with van der Waals surface area (Å²) in [7, 11) is 0. The number of nitrogens with zero attached hydrogens (tertiary/aromatic N) is 5. The number of halogens is 1. The van der Waals surface area contributed by atoms with Crippen LogP contribution in [0.4, 0.5) is 0 Å². The molecule has 1 aromatic heterocycles. The molecule has 0 saturated carbocycles. The standard InChI is InChI=1S/C22H27ClN8O6S/c1-9(37-10(2)32)31-18(27-28-29-31)17-22(3,4)38-21-16(20(36)30(17)21)26-19(35)15(25-14(34)8-24)11-5-6-13(33)12(23)7-11/h5-7,9,15-17,21,33H,8,24H2,1-4H3,(H,25,34)(H,26,35)/t9?,15?,16?,17?,21-/m1/s1. The number of phenolic OH excluding ortho intramolecular Hbond substituents is 1. The van der Waals surface area contributed by atoms with Gasteiger partial charge in [-0.1, -0.05) is 17.7 Å². The number of hydrogen-bond acceptors (Lipinski definition) is 11. The summed E-state index contributed by atoms with van der Waals surface area (Å²) in [4.78, 5) is 51.7. The highest BCUT2D eigenvalue weighted by atomic mass is 35.5. The van der Waals surface area contributed by atoms with Crippen LogP contribution in [0.2, 0.25) is 5.02 Å². The lowest BCUT2D eigenvalue weighted by atomic mass is 9.94. The van der Waals surface area contributed by atoms with Gasteiger partial charge in [-0.05, 0) is 48.9 Å². The van der Waals surface area contributed by atoms with E-state index in [9.17, 15) is 24.3 Å². The van der Waals surface area contributed by atoms with Crippen LogP contribution in [-0.2, 0) is 23.9 Å². The average molecular weight is 567 g/mol. The lowest BCUT2D eigenvalue weighted by Crippen LogP contribution is -2.68. The first-order chi connectivity index (χ1) is 17.9. The Morgan fingerprint density at radius 3 is 2.68 bits per heavy atom. The topological polar surface area (TPSA) is 195 Å². The number of ether oxygens (including phenoxy) is 1. The average Bonchev–Trinajstić information content (AvgIpc) is 3.42. The summed E-state index contributed by atoms with van der Waals surface area (Å²) < 4.78 is 6.00. The summed E-state index contributed by atoms with van der Waals surface area (Å²) in [6.07, 6.45) is -0.798. The second-order valence-electron chi connectivity index (χ2n) is 9.35. The molecule has 2 fully saturated rings. The molecule has 4 unspecified atom stereocenters. The number of hydrogen-bond donors (Lipinski definition) is 4. The van der Waals surface area contributed by atoms with E-state index in [1.807, 2.05) is 13.8 Å². The number of carbonyl (C=O) groups is 4. The third-order valence-corrected chi connectivity index (χ3v) is 8.11. The number of nitrogens with one attached hydrogen (secondary N) is 2. The Morgan fingerprint density at radius 2 is 2.05 bits per heavy atom. The predicted octanol–water partition coefficient (Wildman–Crippen LogP) is 0.150. The highest BCUT2D eigenvalue weighted by Gasteiger charge is 2.63. The molecule has 2 aliphatic heterocycles. The Kier molecular flexibility index (Phi) is 7.54. The fourth-order valence-corrected chi connectivity index (χ4v) is 6.37. The molecule has 0 radical (unpaired) electrons. The summed E-state index contributed by atoms with van der Waals surface area (Å²) in [6, 6.07) is 1.40. The smallest absolute Gasteiger partial charge is 0.304 e. The second kappa shape index (κ2) is 10.4. The summed E-state index contributed by atoms with van der Waals surface area (Å²) in [5, 5.41) is 26.3. The molecular weight excluding hydrogens is 540 g/mol. The first-order valence-electron chi connectivity index (χ1n) is 11.6. The van der Waals surface area contributed by atoms with Crippen LogP contribution in [0.5, 0.6) is 5.75 Å². The number of amides is 3. The van der Waals surface area contributed by atoms with Gasteiger partial charge in [0.25, 0.3) is 0 Å².